The van der Waals surface area contributed by atoms with Crippen LogP contribution in [0.1, 0.15) is 0 Å². The quantitative estimate of drug-likeness (QED) is 0.153. The van der Waals surface area contributed by atoms with Crippen molar-refractivity contribution in [3.05, 3.63) is 218 Å². The Morgan fingerprint density at radius 1 is 0.339 bits per heavy atom. The Bertz CT molecular complexity index is 3500. The standard InChI is InChI=1S/C56H36N2S/c1-2-15-42(16-3-1)57(44-17-12-14-40(33-44)41-28-27-38-26-25-37-13-4-5-18-46(37)50(38)34-41)45-35-51(56-52(36-45)49-21-8-11-24-55(49)59-56)39-29-31-43(32-30-39)58-53-22-9-6-19-47(53)48-20-7-10-23-54(48)58/h1-36H. The van der Waals surface area contributed by atoms with E-state index >= 15 is 0 Å². The molecule has 0 spiro atoms. The fourth-order valence-corrected chi connectivity index (χ4v) is 10.4. The van der Waals surface area contributed by atoms with Crippen LogP contribution in [0.3, 0.4) is 0 Å². The summed E-state index contributed by atoms with van der Waals surface area (Å²) in [6, 6.07) is 80.0. The van der Waals surface area contributed by atoms with Gasteiger partial charge in [0.25, 0.3) is 0 Å². The Labute approximate surface area is 346 Å². The number of para-hydroxylation sites is 3. The van der Waals surface area contributed by atoms with Crippen molar-refractivity contribution in [2.45, 2.75) is 0 Å². The number of hydrogen-bond donors (Lipinski definition) is 0. The highest BCUT2D eigenvalue weighted by atomic mass is 32.1. The minimum absolute atomic E-state index is 1.11. The summed E-state index contributed by atoms with van der Waals surface area (Å²) in [4.78, 5) is 2.42. The highest BCUT2D eigenvalue weighted by Gasteiger charge is 2.20. The van der Waals surface area contributed by atoms with Gasteiger partial charge < -0.3 is 9.47 Å². The van der Waals surface area contributed by atoms with E-state index in [2.05, 4.69) is 228 Å². The summed E-state index contributed by atoms with van der Waals surface area (Å²) in [5.41, 5.74) is 11.7. The van der Waals surface area contributed by atoms with Gasteiger partial charge in [0.2, 0.25) is 0 Å². The first-order valence-electron chi connectivity index (χ1n) is 20.2. The first-order valence-corrected chi connectivity index (χ1v) is 21.0. The molecular weight excluding hydrogens is 733 g/mol. The minimum atomic E-state index is 1.11. The van der Waals surface area contributed by atoms with Gasteiger partial charge in [0, 0.05) is 59.3 Å². The van der Waals surface area contributed by atoms with Crippen LogP contribution in [-0.4, -0.2) is 4.57 Å². The maximum absolute atomic E-state index is 2.42. The molecule has 0 N–H and O–H groups in total. The Kier molecular flexibility index (Phi) is 7.75. The molecule has 10 aromatic carbocycles. The second kappa shape index (κ2) is 13.6. The molecule has 0 saturated carbocycles. The van der Waals surface area contributed by atoms with Crippen LogP contribution in [0.5, 0.6) is 0 Å². The van der Waals surface area contributed by atoms with E-state index in [1.807, 2.05) is 11.3 Å². The molecule has 0 saturated heterocycles. The predicted molar refractivity (Wildman–Crippen MR) is 254 cm³/mol. The van der Waals surface area contributed by atoms with E-state index in [4.69, 9.17) is 0 Å². The summed E-state index contributed by atoms with van der Waals surface area (Å²) in [7, 11) is 0. The van der Waals surface area contributed by atoms with Crippen LogP contribution in [0.2, 0.25) is 0 Å². The van der Waals surface area contributed by atoms with Crippen molar-refractivity contribution in [1.82, 2.24) is 4.57 Å². The predicted octanol–water partition coefficient (Wildman–Crippen LogP) is 16.3. The van der Waals surface area contributed by atoms with Gasteiger partial charge in [0.05, 0.1) is 11.0 Å². The van der Waals surface area contributed by atoms with E-state index in [1.54, 1.807) is 0 Å². The van der Waals surface area contributed by atoms with Crippen molar-refractivity contribution in [1.29, 1.82) is 0 Å². The molecule has 276 valence electrons. The number of aromatic nitrogens is 1. The third-order valence-electron chi connectivity index (χ3n) is 11.9. The highest BCUT2D eigenvalue weighted by Crippen LogP contribution is 2.46. The second-order valence-electron chi connectivity index (χ2n) is 15.3. The van der Waals surface area contributed by atoms with Crippen LogP contribution in [-0.2, 0) is 0 Å². The van der Waals surface area contributed by atoms with E-state index in [-0.39, 0.29) is 0 Å². The van der Waals surface area contributed by atoms with Crippen molar-refractivity contribution >= 4 is 91.9 Å². The summed E-state index contributed by atoms with van der Waals surface area (Å²) < 4.78 is 4.98. The zero-order valence-electron chi connectivity index (χ0n) is 32.1. The van der Waals surface area contributed by atoms with E-state index in [0.717, 1.165) is 22.7 Å². The number of benzene rings is 10. The molecule has 0 unspecified atom stereocenters. The molecule has 59 heavy (non-hydrogen) atoms. The van der Waals surface area contributed by atoms with Crippen molar-refractivity contribution in [2.75, 3.05) is 4.90 Å². The molecule has 0 aliphatic rings. The minimum Gasteiger partial charge on any atom is -0.310 e. The van der Waals surface area contributed by atoms with Crippen LogP contribution in [0.4, 0.5) is 17.1 Å². The lowest BCUT2D eigenvalue weighted by Gasteiger charge is -2.27. The molecular formula is C56H36N2S. The molecule has 0 bridgehead atoms. The largest absolute Gasteiger partial charge is 0.310 e. The topological polar surface area (TPSA) is 8.17 Å². The van der Waals surface area contributed by atoms with Crippen LogP contribution in [0.25, 0.3) is 91.5 Å². The third kappa shape index (κ3) is 5.55. The number of fused-ring (bicyclic) bond motifs is 9. The van der Waals surface area contributed by atoms with Crippen molar-refractivity contribution in [3.63, 3.8) is 0 Å². The molecule has 2 heterocycles. The molecule has 0 aliphatic carbocycles. The maximum Gasteiger partial charge on any atom is 0.0541 e. The highest BCUT2D eigenvalue weighted by molar-refractivity contribution is 7.26. The van der Waals surface area contributed by atoms with Gasteiger partial charge in [0.15, 0.2) is 0 Å². The normalized spacial score (nSPS) is 11.7. The SMILES string of the molecule is c1ccc(N(c2cccc(-c3ccc4ccc5ccccc5c4c3)c2)c2cc(-c3ccc(-n4c5ccccc5c5ccccc54)cc3)c3sc4ccccc4c3c2)cc1. The summed E-state index contributed by atoms with van der Waals surface area (Å²) in [6.45, 7) is 0. The zero-order chi connectivity index (χ0) is 38.9. The molecule has 0 radical (unpaired) electrons. The Morgan fingerprint density at radius 3 is 1.71 bits per heavy atom. The van der Waals surface area contributed by atoms with Gasteiger partial charge in [-0.2, -0.15) is 0 Å². The number of rotatable bonds is 6. The first kappa shape index (κ1) is 33.7. The molecule has 3 heteroatoms. The molecule has 0 amide bonds. The Morgan fingerprint density at radius 2 is 0.932 bits per heavy atom. The summed E-state index contributed by atoms with van der Waals surface area (Å²) in [5, 5.41) is 10.1. The zero-order valence-corrected chi connectivity index (χ0v) is 32.9. The maximum atomic E-state index is 2.42. The molecule has 2 aromatic heterocycles. The monoisotopic (exact) mass is 768 g/mol. The van der Waals surface area contributed by atoms with Gasteiger partial charge in [-0.05, 0) is 111 Å². The van der Waals surface area contributed by atoms with Crippen LogP contribution >= 0.6 is 11.3 Å². The first-order chi connectivity index (χ1) is 29.2. The second-order valence-corrected chi connectivity index (χ2v) is 16.4. The molecule has 12 rings (SSSR count). The van der Waals surface area contributed by atoms with Crippen LogP contribution in [0, 0.1) is 0 Å². The van der Waals surface area contributed by atoms with E-state index in [0.29, 0.717) is 0 Å². The number of hydrogen-bond acceptors (Lipinski definition) is 2. The Balaban J connectivity index is 1.03. The summed E-state index contributed by atoms with van der Waals surface area (Å²) >= 11 is 1.88. The average molecular weight is 769 g/mol. The lowest BCUT2D eigenvalue weighted by molar-refractivity contribution is 1.18. The fourth-order valence-electron chi connectivity index (χ4n) is 9.18. The molecule has 2 nitrogen and oxygen atoms in total. The van der Waals surface area contributed by atoms with Gasteiger partial charge in [-0.1, -0.05) is 146 Å². The third-order valence-corrected chi connectivity index (χ3v) is 13.2. The van der Waals surface area contributed by atoms with E-state index < -0.39 is 0 Å². The summed E-state index contributed by atoms with van der Waals surface area (Å²) in [5.74, 6) is 0. The van der Waals surface area contributed by atoms with Gasteiger partial charge in [-0.25, -0.2) is 0 Å². The van der Waals surface area contributed by atoms with Gasteiger partial charge >= 0.3 is 0 Å². The number of anilines is 3. The Hall–Kier alpha value is -7.46. The van der Waals surface area contributed by atoms with E-state index in [1.165, 1.54) is 85.8 Å². The van der Waals surface area contributed by atoms with E-state index in [9.17, 15) is 0 Å². The molecule has 0 aliphatic heterocycles. The molecule has 0 fully saturated rings. The van der Waals surface area contributed by atoms with Crippen LogP contribution in [0.15, 0.2) is 218 Å². The lowest BCUT2D eigenvalue weighted by atomic mass is 9.96. The van der Waals surface area contributed by atoms with Crippen molar-refractivity contribution in [3.8, 4) is 27.9 Å². The van der Waals surface area contributed by atoms with Crippen molar-refractivity contribution < 1.29 is 0 Å². The average Bonchev–Trinajstić information content (AvgIpc) is 3.85. The number of nitrogens with zero attached hydrogens (tertiary/aromatic N) is 2. The number of thiophene rings is 1. The fraction of sp³-hybridized carbons (Fsp3) is 0. The molecule has 0 atom stereocenters. The lowest BCUT2D eigenvalue weighted by Crippen LogP contribution is -2.10. The van der Waals surface area contributed by atoms with Crippen molar-refractivity contribution in [2.24, 2.45) is 0 Å². The van der Waals surface area contributed by atoms with Crippen LogP contribution < -0.4 is 4.90 Å². The smallest absolute Gasteiger partial charge is 0.0541 e. The summed E-state index contributed by atoms with van der Waals surface area (Å²) in [6.07, 6.45) is 0. The van der Waals surface area contributed by atoms with Gasteiger partial charge in [0.1, 0.15) is 0 Å². The van der Waals surface area contributed by atoms with Gasteiger partial charge in [-0.3, -0.25) is 0 Å². The van der Waals surface area contributed by atoms with Gasteiger partial charge in [-0.15, -0.1) is 11.3 Å². The molecule has 12 aromatic rings.